The van der Waals surface area contributed by atoms with Crippen LogP contribution in [0.25, 0.3) is 0 Å². The fraction of sp³-hybridized carbons (Fsp3) is 0.538. The Hall–Kier alpha value is 0.0449. The molecule has 0 fully saturated rings. The number of alkyl halides is 2. The normalized spacial score (nSPS) is 14.2. The SMILES string of the molecule is CC(C)(O)C(C)(O)Cc1ccccc1C(Br)Br.OB(O)O. The fourth-order valence-electron chi connectivity index (χ4n) is 1.50. The van der Waals surface area contributed by atoms with Crippen LogP contribution in [0.1, 0.15) is 35.6 Å². The van der Waals surface area contributed by atoms with Crippen molar-refractivity contribution in [1.29, 1.82) is 0 Å². The van der Waals surface area contributed by atoms with Crippen molar-refractivity contribution < 1.29 is 25.3 Å². The second-order valence-electron chi connectivity index (χ2n) is 5.36. The number of halogens is 2. The molecule has 1 aromatic rings. The molecular weight excluding hydrogens is 407 g/mol. The van der Waals surface area contributed by atoms with E-state index in [1.54, 1.807) is 20.8 Å². The van der Waals surface area contributed by atoms with Crippen molar-refractivity contribution in [2.75, 3.05) is 0 Å². The van der Waals surface area contributed by atoms with E-state index in [1.807, 2.05) is 24.3 Å². The molecule has 8 heteroatoms. The molecule has 1 aromatic carbocycles. The summed E-state index contributed by atoms with van der Waals surface area (Å²) in [6.45, 7) is 4.89. The minimum absolute atomic E-state index is 0.0452. The Labute approximate surface area is 142 Å². The third-order valence-electron chi connectivity index (χ3n) is 3.14. The first-order valence-electron chi connectivity index (χ1n) is 6.23. The van der Waals surface area contributed by atoms with Crippen LogP contribution in [0.15, 0.2) is 24.3 Å². The highest BCUT2D eigenvalue weighted by molar-refractivity contribution is 9.24. The molecule has 0 bridgehead atoms. The number of rotatable bonds is 4. The van der Waals surface area contributed by atoms with Crippen LogP contribution >= 0.6 is 31.9 Å². The zero-order chi connectivity index (χ0) is 16.8. The molecule has 0 amide bonds. The van der Waals surface area contributed by atoms with Crippen LogP contribution in [0.2, 0.25) is 0 Å². The molecule has 0 heterocycles. The maximum atomic E-state index is 10.3. The summed E-state index contributed by atoms with van der Waals surface area (Å²) in [6.07, 6.45) is 0.403. The largest absolute Gasteiger partial charge is 0.631 e. The molecule has 0 radical (unpaired) electrons. The summed E-state index contributed by atoms with van der Waals surface area (Å²) >= 11 is 6.93. The molecule has 5 nitrogen and oxygen atoms in total. The number of aliphatic hydroxyl groups is 2. The van der Waals surface area contributed by atoms with Crippen molar-refractivity contribution in [3.8, 4) is 0 Å². The van der Waals surface area contributed by atoms with Crippen molar-refractivity contribution in [3.05, 3.63) is 35.4 Å². The van der Waals surface area contributed by atoms with E-state index in [-0.39, 0.29) is 3.74 Å². The first-order valence-corrected chi connectivity index (χ1v) is 8.06. The summed E-state index contributed by atoms with van der Waals surface area (Å²) in [7, 11) is -2.17. The van der Waals surface area contributed by atoms with Crippen LogP contribution in [-0.2, 0) is 6.42 Å². The quantitative estimate of drug-likeness (QED) is 0.370. The van der Waals surface area contributed by atoms with Gasteiger partial charge < -0.3 is 25.3 Å². The molecule has 0 aliphatic carbocycles. The lowest BCUT2D eigenvalue weighted by molar-refractivity contribution is -0.118. The van der Waals surface area contributed by atoms with Gasteiger partial charge in [0.1, 0.15) is 0 Å². The second-order valence-corrected chi connectivity index (χ2v) is 8.42. The van der Waals surface area contributed by atoms with Crippen LogP contribution in [0.4, 0.5) is 0 Å². The number of benzene rings is 1. The third-order valence-corrected chi connectivity index (χ3v) is 4.13. The Morgan fingerprint density at radius 2 is 1.48 bits per heavy atom. The van der Waals surface area contributed by atoms with Gasteiger partial charge in [-0.3, -0.25) is 0 Å². The molecular formula is C13H21BBr2O5. The summed E-state index contributed by atoms with van der Waals surface area (Å²) in [6, 6.07) is 7.84. The molecule has 0 aliphatic heterocycles. The summed E-state index contributed by atoms with van der Waals surface area (Å²) < 4.78 is 0.0452. The first kappa shape index (κ1) is 21.0. The van der Waals surface area contributed by atoms with E-state index in [4.69, 9.17) is 15.1 Å². The van der Waals surface area contributed by atoms with Gasteiger partial charge in [0, 0.05) is 6.42 Å². The van der Waals surface area contributed by atoms with Gasteiger partial charge in [-0.25, -0.2) is 0 Å². The Bertz CT molecular complexity index is 430. The predicted molar refractivity (Wildman–Crippen MR) is 90.1 cm³/mol. The average Bonchev–Trinajstić information content (AvgIpc) is 2.26. The zero-order valence-electron chi connectivity index (χ0n) is 12.2. The minimum atomic E-state index is -2.17. The standard InChI is InChI=1S/C13H18Br2O2.BH3O3/c1-12(2,16)13(3,17)8-9-6-4-5-7-10(9)11(14)15;2-1(3)4/h4-7,11,16-17H,8H2,1-3H3;2-4H. The van der Waals surface area contributed by atoms with Crippen LogP contribution < -0.4 is 0 Å². The molecule has 5 N–H and O–H groups in total. The van der Waals surface area contributed by atoms with Gasteiger partial charge in [-0.15, -0.1) is 0 Å². The molecule has 21 heavy (non-hydrogen) atoms. The summed E-state index contributed by atoms with van der Waals surface area (Å²) in [4.78, 5) is 0. The molecule has 1 atom stereocenters. The summed E-state index contributed by atoms with van der Waals surface area (Å²) in [5.74, 6) is 0. The van der Waals surface area contributed by atoms with Crippen LogP contribution in [0, 0.1) is 0 Å². The van der Waals surface area contributed by atoms with Crippen LogP contribution in [0.3, 0.4) is 0 Å². The van der Waals surface area contributed by atoms with Crippen molar-refractivity contribution >= 4 is 39.2 Å². The fourth-order valence-corrected chi connectivity index (χ4v) is 2.39. The smallest absolute Gasteiger partial charge is 0.402 e. The van der Waals surface area contributed by atoms with Gasteiger partial charge in [0.15, 0.2) is 0 Å². The predicted octanol–water partition coefficient (Wildman–Crippen LogP) is 1.49. The maximum Gasteiger partial charge on any atom is 0.631 e. The number of hydrogen-bond acceptors (Lipinski definition) is 5. The highest BCUT2D eigenvalue weighted by Crippen LogP contribution is 2.34. The first-order chi connectivity index (χ1) is 9.38. The van der Waals surface area contributed by atoms with Crippen molar-refractivity contribution in [2.24, 2.45) is 0 Å². The molecule has 0 aliphatic rings. The highest BCUT2D eigenvalue weighted by Gasteiger charge is 2.38. The monoisotopic (exact) mass is 426 g/mol. The lowest BCUT2D eigenvalue weighted by Gasteiger charge is -2.36. The Kier molecular flexibility index (Phi) is 8.64. The summed E-state index contributed by atoms with van der Waals surface area (Å²) in [5, 5.41) is 41.8. The van der Waals surface area contributed by atoms with E-state index < -0.39 is 18.5 Å². The summed E-state index contributed by atoms with van der Waals surface area (Å²) in [5.41, 5.74) is -0.234. The number of hydrogen-bond donors (Lipinski definition) is 5. The molecule has 120 valence electrons. The van der Waals surface area contributed by atoms with Gasteiger partial charge >= 0.3 is 7.32 Å². The lowest BCUT2D eigenvalue weighted by atomic mass is 9.81. The molecule has 1 rings (SSSR count). The van der Waals surface area contributed by atoms with Crippen molar-refractivity contribution in [1.82, 2.24) is 0 Å². The second kappa shape index (κ2) is 8.62. The molecule has 0 aromatic heterocycles. The van der Waals surface area contributed by atoms with Crippen LogP contribution in [0.5, 0.6) is 0 Å². The van der Waals surface area contributed by atoms with Crippen molar-refractivity contribution in [2.45, 2.75) is 42.1 Å². The van der Waals surface area contributed by atoms with E-state index >= 15 is 0 Å². The minimum Gasteiger partial charge on any atom is -0.402 e. The highest BCUT2D eigenvalue weighted by atomic mass is 79.9. The Morgan fingerprint density at radius 1 is 1.05 bits per heavy atom. The molecule has 0 spiro atoms. The Balaban J connectivity index is 0.000000885. The van der Waals surface area contributed by atoms with Crippen LogP contribution in [-0.4, -0.2) is 43.8 Å². The van der Waals surface area contributed by atoms with E-state index in [2.05, 4.69) is 31.9 Å². The van der Waals surface area contributed by atoms with Crippen molar-refractivity contribution in [3.63, 3.8) is 0 Å². The topological polar surface area (TPSA) is 101 Å². The van der Waals surface area contributed by atoms with Gasteiger partial charge in [0.25, 0.3) is 0 Å². The van der Waals surface area contributed by atoms with Gasteiger partial charge in [-0.05, 0) is 31.9 Å². The lowest BCUT2D eigenvalue weighted by Crippen LogP contribution is -2.49. The van der Waals surface area contributed by atoms with Gasteiger partial charge in [-0.1, -0.05) is 56.1 Å². The average molecular weight is 428 g/mol. The van der Waals surface area contributed by atoms with E-state index in [9.17, 15) is 10.2 Å². The molecule has 0 saturated carbocycles. The van der Waals surface area contributed by atoms with Gasteiger partial charge in [-0.2, -0.15) is 0 Å². The van der Waals surface area contributed by atoms with E-state index in [1.165, 1.54) is 0 Å². The van der Waals surface area contributed by atoms with Gasteiger partial charge in [0.05, 0.1) is 14.9 Å². The van der Waals surface area contributed by atoms with E-state index in [0.29, 0.717) is 6.42 Å². The Morgan fingerprint density at radius 3 is 1.86 bits per heavy atom. The van der Waals surface area contributed by atoms with Gasteiger partial charge in [0.2, 0.25) is 0 Å². The third kappa shape index (κ3) is 7.74. The molecule has 0 saturated heterocycles. The molecule has 1 unspecified atom stereocenters. The zero-order valence-corrected chi connectivity index (χ0v) is 15.3. The maximum absolute atomic E-state index is 10.3. The van der Waals surface area contributed by atoms with E-state index in [0.717, 1.165) is 11.1 Å².